The molecule has 0 fully saturated rings. The quantitative estimate of drug-likeness (QED) is 0.170. The van der Waals surface area contributed by atoms with Gasteiger partial charge in [-0.3, -0.25) is 9.59 Å². The third kappa shape index (κ3) is 5.12. The summed E-state index contributed by atoms with van der Waals surface area (Å²) in [6.45, 7) is 0.741. The largest absolute Gasteiger partial charge is 0.479 e. The molecule has 0 rings (SSSR count). The van der Waals surface area contributed by atoms with Crippen LogP contribution in [0, 0.1) is 10.1 Å². The minimum atomic E-state index is -2.12. The fraction of sp³-hybridized carbons (Fsp3) is 0.667. The molecule has 19 heavy (non-hydrogen) atoms. The Hall–Kier alpha value is -1.84. The van der Waals surface area contributed by atoms with Gasteiger partial charge in [0.1, 0.15) is 0 Å². The van der Waals surface area contributed by atoms with Gasteiger partial charge in [-0.2, -0.15) is 12.6 Å². The summed E-state index contributed by atoms with van der Waals surface area (Å²) < 4.78 is 0. The Labute approximate surface area is 113 Å². The minimum absolute atomic E-state index is 0.0395. The second-order valence-electron chi connectivity index (χ2n) is 3.63. The number of nitrogens with one attached hydrogen (secondary N) is 1. The average molecular weight is 294 g/mol. The number of ketones is 1. The summed E-state index contributed by atoms with van der Waals surface area (Å²) >= 11 is 3.78. The van der Waals surface area contributed by atoms with E-state index in [1.165, 1.54) is 0 Å². The van der Waals surface area contributed by atoms with Crippen LogP contribution in [-0.4, -0.2) is 45.8 Å². The normalized spacial score (nSPS) is 13.2. The zero-order chi connectivity index (χ0) is 15.1. The number of carboxylic acid groups (broad SMARTS) is 1. The van der Waals surface area contributed by atoms with E-state index in [0.717, 1.165) is 6.92 Å². The summed E-state index contributed by atoms with van der Waals surface area (Å²) in [5.41, 5.74) is -2.12. The predicted molar refractivity (Wildman–Crippen MR) is 65.2 cm³/mol. The van der Waals surface area contributed by atoms with Crippen molar-refractivity contribution in [2.24, 2.45) is 0 Å². The highest BCUT2D eigenvalue weighted by molar-refractivity contribution is 7.80. The number of carboxylic acids is 1. The Bertz CT molecular complexity index is 387. The average Bonchev–Trinajstić information content (AvgIpc) is 2.30. The summed E-state index contributed by atoms with van der Waals surface area (Å²) in [4.78, 5) is 47.8. The van der Waals surface area contributed by atoms with Gasteiger partial charge in [0.2, 0.25) is 11.4 Å². The Balaban J connectivity index is 4.68. The van der Waals surface area contributed by atoms with Crippen LogP contribution in [0.2, 0.25) is 0 Å². The van der Waals surface area contributed by atoms with Crippen molar-refractivity contribution in [2.45, 2.75) is 25.3 Å². The number of thiol groups is 1. The number of hydrogen-bond acceptors (Lipinski definition) is 7. The Morgan fingerprint density at radius 3 is 2.42 bits per heavy atom. The minimum Gasteiger partial charge on any atom is -0.479 e. The zero-order valence-electron chi connectivity index (χ0n) is 10.1. The number of aliphatic carboxylic acids is 1. The number of rotatable bonds is 9. The van der Waals surface area contributed by atoms with Gasteiger partial charge in [-0.05, 0) is 6.42 Å². The summed E-state index contributed by atoms with van der Waals surface area (Å²) in [5.74, 6) is -3.43. The van der Waals surface area contributed by atoms with Gasteiger partial charge in [-0.25, -0.2) is 4.79 Å². The number of amides is 1. The molecule has 108 valence electrons. The summed E-state index contributed by atoms with van der Waals surface area (Å²) in [6, 6.07) is 0. The molecule has 1 amide bonds. The van der Waals surface area contributed by atoms with E-state index < -0.39 is 34.0 Å². The molecule has 0 aliphatic carbocycles. The first-order valence-electron chi connectivity index (χ1n) is 5.20. The fourth-order valence-electron chi connectivity index (χ4n) is 1.32. The Morgan fingerprint density at radius 1 is 1.47 bits per heavy atom. The molecule has 0 spiro atoms. The van der Waals surface area contributed by atoms with Crippen LogP contribution >= 0.6 is 12.6 Å². The first-order valence-corrected chi connectivity index (χ1v) is 5.83. The van der Waals surface area contributed by atoms with Crippen molar-refractivity contribution >= 4 is 30.3 Å². The van der Waals surface area contributed by atoms with E-state index in [0.29, 0.717) is 0 Å². The molecule has 0 aromatic rings. The second kappa shape index (κ2) is 7.56. The van der Waals surface area contributed by atoms with Crippen LogP contribution in [-0.2, 0) is 19.2 Å². The molecular weight excluding hydrogens is 280 g/mol. The van der Waals surface area contributed by atoms with Crippen LogP contribution in [0.25, 0.3) is 0 Å². The molecule has 1 atom stereocenters. The van der Waals surface area contributed by atoms with Crippen LogP contribution in [0.1, 0.15) is 19.8 Å². The van der Waals surface area contributed by atoms with Crippen molar-refractivity contribution in [1.29, 1.82) is 0 Å². The van der Waals surface area contributed by atoms with Crippen molar-refractivity contribution < 1.29 is 29.4 Å². The summed E-state index contributed by atoms with van der Waals surface area (Å²) in [6.07, 6.45) is -0.330. The van der Waals surface area contributed by atoms with Gasteiger partial charge in [-0.1, -0.05) is 0 Å². The smallest absolute Gasteiger partial charge is 0.338 e. The van der Waals surface area contributed by atoms with E-state index >= 15 is 0 Å². The maximum absolute atomic E-state index is 11.8. The molecule has 2 N–H and O–H groups in total. The Kier molecular flexibility index (Phi) is 6.83. The topological polar surface area (TPSA) is 136 Å². The number of hydrogen-bond donors (Lipinski definition) is 3. The van der Waals surface area contributed by atoms with Gasteiger partial charge in [0.15, 0.2) is 5.78 Å². The lowest BCUT2D eigenvalue weighted by Gasteiger charge is -2.26. The lowest BCUT2D eigenvalue weighted by molar-refractivity contribution is -0.757. The van der Waals surface area contributed by atoms with Crippen LogP contribution in [0.5, 0.6) is 0 Å². The van der Waals surface area contributed by atoms with Crippen LogP contribution in [0.3, 0.4) is 0 Å². The molecule has 1 unspecified atom stereocenters. The maximum atomic E-state index is 11.8. The number of carbonyl (C=O) groups excluding carboxylic acids is 2. The lowest BCUT2D eigenvalue weighted by atomic mass is 9.93. The van der Waals surface area contributed by atoms with Gasteiger partial charge in [0, 0.05) is 19.1 Å². The molecule has 9 nitrogen and oxygen atoms in total. The highest BCUT2D eigenvalue weighted by Gasteiger charge is 2.45. The predicted octanol–water partition coefficient (Wildman–Crippen LogP) is -0.567. The van der Waals surface area contributed by atoms with E-state index in [1.807, 2.05) is 0 Å². The van der Waals surface area contributed by atoms with Gasteiger partial charge >= 0.3 is 5.97 Å². The third-order valence-electron chi connectivity index (χ3n) is 2.21. The number of Topliss-reactive ketones (excluding diaryl/α,β-unsaturated/α-hetero) is 1. The first-order chi connectivity index (χ1) is 8.76. The second-order valence-corrected chi connectivity index (χ2v) is 3.95. The lowest BCUT2D eigenvalue weighted by Crippen LogP contribution is -2.61. The van der Waals surface area contributed by atoms with Crippen molar-refractivity contribution in [3.63, 3.8) is 0 Å². The van der Waals surface area contributed by atoms with E-state index in [2.05, 4.69) is 22.8 Å². The van der Waals surface area contributed by atoms with Crippen molar-refractivity contribution in [3.05, 3.63) is 10.1 Å². The molecular formula is C9H14N2O7S. The van der Waals surface area contributed by atoms with Crippen molar-refractivity contribution in [2.75, 3.05) is 12.4 Å². The third-order valence-corrected chi connectivity index (χ3v) is 2.69. The SMILES string of the molecule is CC(=O)NC(CS)(C(=O)O)C(=O)CCCO[N+](=O)[O-]. The Morgan fingerprint density at radius 2 is 2.05 bits per heavy atom. The standard InChI is InChI=1S/C9H14N2O7S/c1-6(12)10-9(5-19,8(14)15)7(13)3-2-4-18-11(16)17/h19H,2-5H2,1H3,(H,10,12)(H,14,15). The monoisotopic (exact) mass is 294 g/mol. The molecule has 0 aliphatic rings. The molecule has 0 bridgehead atoms. The van der Waals surface area contributed by atoms with E-state index in [4.69, 9.17) is 5.11 Å². The highest BCUT2D eigenvalue weighted by Crippen LogP contribution is 2.14. The van der Waals surface area contributed by atoms with Crippen LogP contribution in [0.15, 0.2) is 0 Å². The van der Waals surface area contributed by atoms with Crippen LogP contribution < -0.4 is 5.32 Å². The van der Waals surface area contributed by atoms with E-state index in [1.54, 1.807) is 0 Å². The number of nitrogens with zero attached hydrogens (tertiary/aromatic N) is 1. The van der Waals surface area contributed by atoms with E-state index in [-0.39, 0.29) is 19.4 Å². The molecule has 0 saturated heterocycles. The fourth-order valence-corrected chi connectivity index (χ4v) is 1.71. The molecule has 0 aromatic heterocycles. The van der Waals surface area contributed by atoms with Crippen molar-refractivity contribution in [3.8, 4) is 0 Å². The zero-order valence-corrected chi connectivity index (χ0v) is 11.0. The molecule has 0 radical (unpaired) electrons. The molecule has 0 heterocycles. The first kappa shape index (κ1) is 17.2. The van der Waals surface area contributed by atoms with Crippen molar-refractivity contribution in [1.82, 2.24) is 5.32 Å². The highest BCUT2D eigenvalue weighted by atomic mass is 32.1. The molecule has 0 aromatic carbocycles. The van der Waals surface area contributed by atoms with Gasteiger partial charge in [0.05, 0.1) is 6.61 Å². The van der Waals surface area contributed by atoms with Gasteiger partial charge in [-0.15, -0.1) is 10.1 Å². The van der Waals surface area contributed by atoms with Gasteiger partial charge in [0.25, 0.3) is 5.09 Å². The van der Waals surface area contributed by atoms with Gasteiger partial charge < -0.3 is 15.3 Å². The summed E-state index contributed by atoms with van der Waals surface area (Å²) in [7, 11) is 0. The number of carbonyl (C=O) groups is 3. The summed E-state index contributed by atoms with van der Waals surface area (Å²) in [5, 5.41) is 20.0. The van der Waals surface area contributed by atoms with E-state index in [9.17, 15) is 24.5 Å². The van der Waals surface area contributed by atoms with Crippen LogP contribution in [0.4, 0.5) is 0 Å². The molecule has 0 saturated carbocycles. The molecule has 10 heteroatoms. The maximum Gasteiger partial charge on any atom is 0.338 e. The molecule has 0 aliphatic heterocycles.